The van der Waals surface area contributed by atoms with Crippen molar-refractivity contribution in [2.24, 2.45) is 14.1 Å². The van der Waals surface area contributed by atoms with Crippen molar-refractivity contribution < 1.29 is 28.9 Å². The second-order valence-electron chi connectivity index (χ2n) is 14.4. The van der Waals surface area contributed by atoms with Crippen LogP contribution in [0.4, 0.5) is 11.4 Å². The third kappa shape index (κ3) is 6.98. The Morgan fingerprint density at radius 1 is 0.857 bits per heavy atom. The average Bonchev–Trinajstić information content (AvgIpc) is 3.67. The van der Waals surface area contributed by atoms with Gasteiger partial charge < -0.3 is 33.4 Å². The Bertz CT molecular complexity index is 2340. The number of amides is 2. The summed E-state index contributed by atoms with van der Waals surface area (Å²) in [5, 5.41) is 19.9. The van der Waals surface area contributed by atoms with E-state index < -0.39 is 0 Å². The second kappa shape index (κ2) is 15.8. The minimum absolute atomic E-state index is 0. The number of halogens is 1. The molecule has 1 atom stereocenters. The molecule has 5 heterocycles. The van der Waals surface area contributed by atoms with Crippen LogP contribution in [0.5, 0.6) is 17.2 Å². The summed E-state index contributed by atoms with van der Waals surface area (Å²) in [6, 6.07) is 24.0. The molecule has 2 aromatic heterocycles. The van der Waals surface area contributed by atoms with E-state index in [2.05, 4.69) is 29.2 Å². The molecule has 1 N–H and O–H groups in total. The highest BCUT2D eigenvalue weighted by Gasteiger charge is 2.35. The van der Waals surface area contributed by atoms with Crippen LogP contribution < -0.4 is 14.4 Å². The summed E-state index contributed by atoms with van der Waals surface area (Å²) in [6.45, 7) is 8.66. The molecule has 0 spiro atoms. The number of fused-ring (bicyclic) bond motifs is 2. The van der Waals surface area contributed by atoms with Crippen LogP contribution in [0.15, 0.2) is 72.8 Å². The lowest BCUT2D eigenvalue weighted by molar-refractivity contribution is 0.0193. The summed E-state index contributed by atoms with van der Waals surface area (Å²) >= 11 is 0. The van der Waals surface area contributed by atoms with Gasteiger partial charge in [-0.1, -0.05) is 24.3 Å². The van der Waals surface area contributed by atoms with Crippen LogP contribution in [0, 0.1) is 25.2 Å². The highest BCUT2D eigenvalue weighted by molar-refractivity contribution is 6.13. The Morgan fingerprint density at radius 2 is 1.54 bits per heavy atom. The predicted octanol–water partition coefficient (Wildman–Crippen LogP) is 6.30. The molecule has 0 radical (unpaired) electrons. The van der Waals surface area contributed by atoms with Crippen molar-refractivity contribution >= 4 is 35.6 Å². The zero-order valence-corrected chi connectivity index (χ0v) is 32.8. The van der Waals surface area contributed by atoms with Gasteiger partial charge in [0.05, 0.1) is 30.0 Å². The van der Waals surface area contributed by atoms with Gasteiger partial charge in [0.15, 0.2) is 11.5 Å². The van der Waals surface area contributed by atoms with Gasteiger partial charge in [-0.05, 0) is 79.9 Å². The van der Waals surface area contributed by atoms with E-state index in [1.54, 1.807) is 40.8 Å². The minimum atomic E-state index is -0.327. The van der Waals surface area contributed by atoms with Crippen LogP contribution in [0.3, 0.4) is 0 Å². The van der Waals surface area contributed by atoms with Gasteiger partial charge in [-0.3, -0.25) is 19.4 Å². The van der Waals surface area contributed by atoms with E-state index in [9.17, 15) is 15.2 Å². The molecule has 3 aromatic carbocycles. The van der Waals surface area contributed by atoms with Crippen molar-refractivity contribution in [3.8, 4) is 34.6 Å². The molecule has 0 bridgehead atoms. The molecule has 0 aliphatic carbocycles. The Kier molecular flexibility index (Phi) is 10.9. The first-order chi connectivity index (χ1) is 26.6. The molecule has 12 nitrogen and oxygen atoms in total. The largest absolute Gasteiger partial charge is 0.508 e. The van der Waals surface area contributed by atoms with Crippen molar-refractivity contribution in [3.63, 3.8) is 0 Å². The predicted molar refractivity (Wildman–Crippen MR) is 214 cm³/mol. The number of aromatic nitrogens is 2. The highest BCUT2D eigenvalue weighted by atomic mass is 35.5. The van der Waals surface area contributed by atoms with Gasteiger partial charge in [0.25, 0.3) is 11.8 Å². The number of carbonyl (C=O) groups excluding carboxylic acids is 2. The summed E-state index contributed by atoms with van der Waals surface area (Å²) in [5.41, 5.74) is 7.43. The van der Waals surface area contributed by atoms with Crippen molar-refractivity contribution in [3.05, 3.63) is 112 Å². The number of nitrogens with zero attached hydrogens (tertiary/aromatic N) is 6. The maximum atomic E-state index is 15.1. The molecule has 1 saturated heterocycles. The zero-order chi connectivity index (χ0) is 38.4. The lowest BCUT2D eigenvalue weighted by Gasteiger charge is -2.40. The molecular formula is C43H45ClN6O6. The number of morpholine rings is 1. The zero-order valence-electron chi connectivity index (χ0n) is 31.9. The van der Waals surface area contributed by atoms with Crippen LogP contribution in [-0.4, -0.2) is 88.0 Å². The average molecular weight is 777 g/mol. The molecule has 3 aliphatic heterocycles. The van der Waals surface area contributed by atoms with Crippen LogP contribution in [0.25, 0.3) is 11.3 Å². The van der Waals surface area contributed by atoms with E-state index in [-0.39, 0.29) is 36.0 Å². The second-order valence-corrected chi connectivity index (χ2v) is 14.4. The Labute approximate surface area is 332 Å². The molecule has 0 saturated carbocycles. The van der Waals surface area contributed by atoms with Gasteiger partial charge >= 0.3 is 0 Å². The monoisotopic (exact) mass is 776 g/mol. The number of phenols is 1. The van der Waals surface area contributed by atoms with Gasteiger partial charge in [0, 0.05) is 74.6 Å². The molecule has 8 rings (SSSR count). The molecule has 290 valence electrons. The number of ether oxygens (including phenoxy) is 3. The quantitative estimate of drug-likeness (QED) is 0.205. The number of rotatable bonds is 7. The first kappa shape index (κ1) is 38.5. The lowest BCUT2D eigenvalue weighted by atomic mass is 9.92. The number of benzene rings is 3. The summed E-state index contributed by atoms with van der Waals surface area (Å²) < 4.78 is 21.4. The van der Waals surface area contributed by atoms with E-state index in [4.69, 9.17) is 14.2 Å². The molecule has 56 heavy (non-hydrogen) atoms. The van der Waals surface area contributed by atoms with Crippen molar-refractivity contribution in [2.75, 3.05) is 51.0 Å². The fourth-order valence-electron chi connectivity index (χ4n) is 7.98. The van der Waals surface area contributed by atoms with Crippen LogP contribution in [0.1, 0.15) is 48.9 Å². The third-order valence-corrected chi connectivity index (χ3v) is 11.3. The van der Waals surface area contributed by atoms with Gasteiger partial charge in [0.2, 0.25) is 0 Å². The van der Waals surface area contributed by atoms with E-state index in [1.807, 2.05) is 48.6 Å². The molecule has 13 heteroatoms. The number of hydrogen-bond donors (Lipinski definition) is 1. The number of aromatic hydroxyl groups is 1. The Hall–Kier alpha value is -5.74. The molecule has 3 aliphatic rings. The van der Waals surface area contributed by atoms with Crippen LogP contribution in [-0.2, 0) is 31.8 Å². The molecule has 5 aromatic rings. The first-order valence-corrected chi connectivity index (χ1v) is 18.6. The summed E-state index contributed by atoms with van der Waals surface area (Å²) in [5.74, 6) is 0.659. The standard InChI is InChI=1S/C43H44N6O6.ClH/c1-27-35(43(52)49(31-9-11-34(50)12-10-31)38-20-32(24-44)45(3)28(38)2)21-39(46(27)4)36-22-40-41(55-18-17-54-40)23-37(36)42(51)48-25-30-8-6-5-7-29(30)19-33(48)26-47-13-15-53-16-14-47;/h5-12,20-23,33,50H,13-19,25-26H2,1-4H3;1H/t33-;/m0./s1. The lowest BCUT2D eigenvalue weighted by Crippen LogP contribution is -2.52. The number of carbonyl (C=O) groups is 2. The summed E-state index contributed by atoms with van der Waals surface area (Å²) in [4.78, 5) is 36.0. The van der Waals surface area contributed by atoms with Gasteiger partial charge in [-0.15, -0.1) is 12.4 Å². The van der Waals surface area contributed by atoms with Gasteiger partial charge in [-0.25, -0.2) is 0 Å². The summed E-state index contributed by atoms with van der Waals surface area (Å²) in [6.07, 6.45) is 0.737. The SMILES string of the molecule is Cc1c(N(C(=O)c2cc(-c3cc4c(cc3C(=O)N3Cc5ccccc5C[C@H]3CN3CCOCC3)OCCO4)n(C)c2C)c2ccc(O)cc2)cc(C#N)n1C.Cl. The minimum Gasteiger partial charge on any atom is -0.508 e. The number of hydrogen-bond acceptors (Lipinski definition) is 8. The number of anilines is 2. The fraction of sp³-hybridized carbons (Fsp3) is 0.326. The Morgan fingerprint density at radius 3 is 2.21 bits per heavy atom. The van der Waals surface area contributed by atoms with E-state index in [1.165, 1.54) is 17.7 Å². The molecule has 1 fully saturated rings. The number of nitriles is 1. The smallest absolute Gasteiger partial charge is 0.264 e. The van der Waals surface area contributed by atoms with Gasteiger partial charge in [0.1, 0.15) is 30.7 Å². The summed E-state index contributed by atoms with van der Waals surface area (Å²) in [7, 11) is 3.67. The van der Waals surface area contributed by atoms with Gasteiger partial charge in [-0.2, -0.15) is 5.26 Å². The topological polar surface area (TPSA) is 125 Å². The van der Waals surface area contributed by atoms with Crippen molar-refractivity contribution in [1.29, 1.82) is 5.26 Å². The molecule has 0 unspecified atom stereocenters. The number of phenolic OH excluding ortho intramolecular Hbond substituents is 1. The van der Waals surface area contributed by atoms with E-state index in [0.717, 1.165) is 37.3 Å². The van der Waals surface area contributed by atoms with Crippen molar-refractivity contribution in [2.45, 2.75) is 32.9 Å². The molecule has 2 amide bonds. The third-order valence-electron chi connectivity index (χ3n) is 11.3. The van der Waals surface area contributed by atoms with E-state index >= 15 is 4.79 Å². The fourth-order valence-corrected chi connectivity index (χ4v) is 7.98. The molecular weight excluding hydrogens is 732 g/mol. The first-order valence-electron chi connectivity index (χ1n) is 18.6. The Balaban J connectivity index is 0.00000480. The van der Waals surface area contributed by atoms with E-state index in [0.29, 0.717) is 89.6 Å². The van der Waals surface area contributed by atoms with Crippen LogP contribution in [0.2, 0.25) is 0 Å². The van der Waals surface area contributed by atoms with Crippen molar-refractivity contribution in [1.82, 2.24) is 18.9 Å². The van der Waals surface area contributed by atoms with Crippen LogP contribution >= 0.6 is 12.4 Å². The maximum absolute atomic E-state index is 15.1. The maximum Gasteiger partial charge on any atom is 0.264 e. The highest BCUT2D eigenvalue weighted by Crippen LogP contribution is 2.41. The normalized spacial score (nSPS) is 16.4.